The Bertz CT molecular complexity index is 290. The SMILES string of the molecule is CCCS(=O)(=O)CCC(C)(C)C(=O)O. The van der Waals surface area contributed by atoms with Gasteiger partial charge >= 0.3 is 5.97 Å². The van der Waals surface area contributed by atoms with Crippen molar-refractivity contribution >= 4 is 15.8 Å². The van der Waals surface area contributed by atoms with Crippen molar-refractivity contribution in [2.75, 3.05) is 11.5 Å². The van der Waals surface area contributed by atoms with E-state index in [9.17, 15) is 13.2 Å². The van der Waals surface area contributed by atoms with Crippen LogP contribution in [0.5, 0.6) is 0 Å². The zero-order valence-corrected chi connectivity index (χ0v) is 9.73. The molecule has 0 aromatic rings. The van der Waals surface area contributed by atoms with Crippen LogP contribution in [0, 0.1) is 5.41 Å². The third kappa shape index (κ3) is 4.60. The standard InChI is InChI=1S/C9H18O4S/c1-4-6-14(12,13)7-5-9(2,3)8(10)11/h4-7H2,1-3H3,(H,10,11). The number of rotatable bonds is 6. The van der Waals surface area contributed by atoms with Crippen LogP contribution in [-0.4, -0.2) is 31.0 Å². The van der Waals surface area contributed by atoms with Gasteiger partial charge in [0, 0.05) is 5.75 Å². The molecule has 0 radical (unpaired) electrons. The lowest BCUT2D eigenvalue weighted by Crippen LogP contribution is -2.27. The number of hydrogen-bond donors (Lipinski definition) is 1. The molecule has 1 N–H and O–H groups in total. The molecule has 5 heteroatoms. The normalized spacial score (nSPS) is 12.8. The molecule has 0 aromatic heterocycles. The van der Waals surface area contributed by atoms with E-state index < -0.39 is 21.2 Å². The lowest BCUT2D eigenvalue weighted by molar-refractivity contribution is -0.146. The molecular formula is C9H18O4S. The van der Waals surface area contributed by atoms with Gasteiger partial charge in [0.2, 0.25) is 0 Å². The third-order valence-corrected chi connectivity index (χ3v) is 3.99. The number of carboxylic acid groups (broad SMARTS) is 1. The molecule has 0 aliphatic carbocycles. The molecular weight excluding hydrogens is 204 g/mol. The molecule has 4 nitrogen and oxygen atoms in total. The fourth-order valence-electron chi connectivity index (χ4n) is 0.931. The molecule has 0 fully saturated rings. The van der Waals surface area contributed by atoms with Crippen molar-refractivity contribution in [2.45, 2.75) is 33.6 Å². The Morgan fingerprint density at radius 2 is 1.79 bits per heavy atom. The number of carbonyl (C=O) groups is 1. The van der Waals surface area contributed by atoms with Crippen LogP contribution < -0.4 is 0 Å². The van der Waals surface area contributed by atoms with Crippen molar-refractivity contribution in [3.63, 3.8) is 0 Å². The van der Waals surface area contributed by atoms with Crippen LogP contribution in [0.4, 0.5) is 0 Å². The summed E-state index contributed by atoms with van der Waals surface area (Å²) in [6.45, 7) is 4.87. The summed E-state index contributed by atoms with van der Waals surface area (Å²) in [5.41, 5.74) is -0.958. The number of hydrogen-bond acceptors (Lipinski definition) is 3. The number of carboxylic acids is 1. The van der Waals surface area contributed by atoms with E-state index in [0.29, 0.717) is 6.42 Å². The summed E-state index contributed by atoms with van der Waals surface area (Å²) in [4.78, 5) is 10.7. The minimum Gasteiger partial charge on any atom is -0.481 e. The zero-order valence-electron chi connectivity index (χ0n) is 8.91. The Hall–Kier alpha value is -0.580. The van der Waals surface area contributed by atoms with Crippen molar-refractivity contribution in [3.8, 4) is 0 Å². The zero-order chi connectivity index (χ0) is 11.4. The van der Waals surface area contributed by atoms with Crippen LogP contribution in [0.3, 0.4) is 0 Å². The minimum absolute atomic E-state index is 0.0415. The highest BCUT2D eigenvalue weighted by atomic mass is 32.2. The minimum atomic E-state index is -3.06. The highest BCUT2D eigenvalue weighted by molar-refractivity contribution is 7.91. The fraction of sp³-hybridized carbons (Fsp3) is 0.889. The van der Waals surface area contributed by atoms with E-state index in [1.807, 2.05) is 0 Å². The first-order valence-electron chi connectivity index (χ1n) is 4.65. The second kappa shape index (κ2) is 4.77. The van der Waals surface area contributed by atoms with Crippen molar-refractivity contribution < 1.29 is 18.3 Å². The van der Waals surface area contributed by atoms with Gasteiger partial charge in [-0.15, -0.1) is 0 Å². The lowest BCUT2D eigenvalue weighted by atomic mass is 9.91. The van der Waals surface area contributed by atoms with Crippen molar-refractivity contribution in [1.29, 1.82) is 0 Å². The topological polar surface area (TPSA) is 71.4 Å². The molecule has 0 rings (SSSR count). The highest BCUT2D eigenvalue weighted by Gasteiger charge is 2.28. The molecule has 0 aliphatic rings. The van der Waals surface area contributed by atoms with E-state index in [0.717, 1.165) is 0 Å². The molecule has 0 spiro atoms. The largest absolute Gasteiger partial charge is 0.481 e. The van der Waals surface area contributed by atoms with E-state index in [4.69, 9.17) is 5.11 Å². The van der Waals surface area contributed by atoms with E-state index in [-0.39, 0.29) is 17.9 Å². The second-order valence-electron chi connectivity index (χ2n) is 4.09. The Morgan fingerprint density at radius 1 is 1.29 bits per heavy atom. The smallest absolute Gasteiger partial charge is 0.309 e. The lowest BCUT2D eigenvalue weighted by Gasteiger charge is -2.18. The van der Waals surface area contributed by atoms with Gasteiger partial charge in [0.05, 0.1) is 11.2 Å². The molecule has 0 saturated carbocycles. The van der Waals surface area contributed by atoms with E-state index in [1.54, 1.807) is 6.92 Å². The first-order chi connectivity index (χ1) is 6.21. The fourth-order valence-corrected chi connectivity index (χ4v) is 2.58. The molecule has 0 aliphatic heterocycles. The molecule has 0 bridgehead atoms. The maximum Gasteiger partial charge on any atom is 0.309 e. The van der Waals surface area contributed by atoms with Crippen molar-refractivity contribution in [1.82, 2.24) is 0 Å². The predicted octanol–water partition coefficient (Wildman–Crippen LogP) is 1.31. The van der Waals surface area contributed by atoms with E-state index in [2.05, 4.69) is 0 Å². The second-order valence-corrected chi connectivity index (χ2v) is 6.39. The molecule has 0 atom stereocenters. The summed E-state index contributed by atoms with van der Waals surface area (Å²) in [7, 11) is -3.06. The average Bonchev–Trinajstić information content (AvgIpc) is 2.01. The van der Waals surface area contributed by atoms with Gasteiger partial charge in [0.25, 0.3) is 0 Å². The average molecular weight is 222 g/mol. The van der Waals surface area contributed by atoms with Gasteiger partial charge in [-0.25, -0.2) is 8.42 Å². The first-order valence-corrected chi connectivity index (χ1v) is 6.47. The molecule has 0 saturated heterocycles. The molecule has 0 aromatic carbocycles. The van der Waals surface area contributed by atoms with Gasteiger partial charge in [-0.1, -0.05) is 6.92 Å². The quantitative estimate of drug-likeness (QED) is 0.735. The summed E-state index contributed by atoms with van der Waals surface area (Å²) in [6.07, 6.45) is 0.750. The summed E-state index contributed by atoms with van der Waals surface area (Å²) >= 11 is 0. The van der Waals surface area contributed by atoms with Crippen molar-refractivity contribution in [2.24, 2.45) is 5.41 Å². The van der Waals surface area contributed by atoms with E-state index >= 15 is 0 Å². The van der Waals surface area contributed by atoms with Crippen LogP contribution in [0.1, 0.15) is 33.6 Å². The van der Waals surface area contributed by atoms with Gasteiger partial charge in [-0.05, 0) is 26.7 Å². The maximum absolute atomic E-state index is 11.3. The summed E-state index contributed by atoms with van der Waals surface area (Å²) in [6, 6.07) is 0. The summed E-state index contributed by atoms with van der Waals surface area (Å²) in [5, 5.41) is 8.77. The first kappa shape index (κ1) is 13.4. The third-order valence-electron chi connectivity index (χ3n) is 2.13. The number of sulfone groups is 1. The molecule has 84 valence electrons. The maximum atomic E-state index is 11.3. The predicted molar refractivity (Wildman–Crippen MR) is 55.0 cm³/mol. The summed E-state index contributed by atoms with van der Waals surface area (Å²) in [5.74, 6) is -0.854. The molecule has 14 heavy (non-hydrogen) atoms. The van der Waals surface area contributed by atoms with Gasteiger partial charge < -0.3 is 5.11 Å². The Morgan fingerprint density at radius 3 is 2.14 bits per heavy atom. The van der Waals surface area contributed by atoms with Crippen LogP contribution in [0.25, 0.3) is 0 Å². The monoisotopic (exact) mass is 222 g/mol. The van der Waals surface area contributed by atoms with Gasteiger partial charge in [0.1, 0.15) is 9.84 Å². The Kier molecular flexibility index (Phi) is 4.58. The Labute approximate surface area is 85.2 Å². The van der Waals surface area contributed by atoms with Crippen LogP contribution >= 0.6 is 0 Å². The van der Waals surface area contributed by atoms with Crippen molar-refractivity contribution in [3.05, 3.63) is 0 Å². The molecule has 0 unspecified atom stereocenters. The molecule has 0 amide bonds. The Balaban J connectivity index is 4.26. The highest BCUT2D eigenvalue weighted by Crippen LogP contribution is 2.21. The van der Waals surface area contributed by atoms with Crippen LogP contribution in [-0.2, 0) is 14.6 Å². The van der Waals surface area contributed by atoms with Gasteiger partial charge in [0.15, 0.2) is 0 Å². The molecule has 0 heterocycles. The van der Waals surface area contributed by atoms with E-state index in [1.165, 1.54) is 13.8 Å². The summed E-state index contributed by atoms with van der Waals surface area (Å²) < 4.78 is 22.6. The van der Waals surface area contributed by atoms with Gasteiger partial charge in [-0.3, -0.25) is 4.79 Å². The van der Waals surface area contributed by atoms with Crippen LogP contribution in [0.15, 0.2) is 0 Å². The van der Waals surface area contributed by atoms with Gasteiger partial charge in [-0.2, -0.15) is 0 Å². The number of aliphatic carboxylic acids is 1. The van der Waals surface area contributed by atoms with Crippen LogP contribution in [0.2, 0.25) is 0 Å².